The molecule has 6 nitrogen and oxygen atoms in total. The molecule has 2 aromatic heterocycles. The van der Waals surface area contributed by atoms with Gasteiger partial charge in [-0.1, -0.05) is 6.07 Å². The topological polar surface area (TPSA) is 81.1 Å². The molecule has 0 aliphatic heterocycles. The van der Waals surface area contributed by atoms with Crippen LogP contribution < -0.4 is 11.1 Å². The molecule has 0 saturated heterocycles. The number of nitrogens with zero attached hydrogens (tertiary/aromatic N) is 4. The monoisotopic (exact) mass is 300 g/mol. The predicted molar refractivity (Wildman–Crippen MR) is 89.0 cm³/mol. The SMILES string of the molecule is Cc1cc(C)n(-c2ccc(CN=C(N)NC(C)(C)C)cn2)n1. The summed E-state index contributed by atoms with van der Waals surface area (Å²) in [4.78, 5) is 8.77. The zero-order valence-corrected chi connectivity index (χ0v) is 13.9. The summed E-state index contributed by atoms with van der Waals surface area (Å²) >= 11 is 0. The van der Waals surface area contributed by atoms with Crippen LogP contribution in [0.5, 0.6) is 0 Å². The highest BCUT2D eigenvalue weighted by molar-refractivity contribution is 5.78. The molecule has 0 saturated carbocycles. The molecule has 118 valence electrons. The fraction of sp³-hybridized carbons (Fsp3) is 0.438. The van der Waals surface area contributed by atoms with Crippen molar-refractivity contribution in [1.82, 2.24) is 20.1 Å². The number of aromatic nitrogens is 3. The van der Waals surface area contributed by atoms with Gasteiger partial charge in [0.25, 0.3) is 0 Å². The van der Waals surface area contributed by atoms with E-state index in [1.807, 2.05) is 57.5 Å². The van der Waals surface area contributed by atoms with Gasteiger partial charge in [0.05, 0.1) is 12.2 Å². The fourth-order valence-electron chi connectivity index (χ4n) is 2.10. The van der Waals surface area contributed by atoms with Gasteiger partial charge in [-0.2, -0.15) is 5.10 Å². The molecule has 6 heteroatoms. The molecule has 0 aliphatic carbocycles. The molecular weight excluding hydrogens is 276 g/mol. The number of nitrogens with two attached hydrogens (primary N) is 1. The molecule has 0 radical (unpaired) electrons. The van der Waals surface area contributed by atoms with E-state index in [0.717, 1.165) is 22.8 Å². The molecular formula is C16H24N6. The molecule has 0 fully saturated rings. The van der Waals surface area contributed by atoms with Crippen molar-refractivity contribution >= 4 is 5.96 Å². The molecule has 0 unspecified atom stereocenters. The van der Waals surface area contributed by atoms with E-state index in [0.29, 0.717) is 12.5 Å². The second kappa shape index (κ2) is 6.17. The van der Waals surface area contributed by atoms with Gasteiger partial charge in [0.2, 0.25) is 0 Å². The molecule has 0 bridgehead atoms. The number of aryl methyl sites for hydroxylation is 2. The Bertz CT molecular complexity index is 661. The summed E-state index contributed by atoms with van der Waals surface area (Å²) in [6, 6.07) is 5.96. The zero-order chi connectivity index (χ0) is 16.3. The molecule has 2 rings (SSSR count). The lowest BCUT2D eigenvalue weighted by Crippen LogP contribution is -2.44. The Hall–Kier alpha value is -2.37. The number of guanidine groups is 1. The van der Waals surface area contributed by atoms with E-state index in [-0.39, 0.29) is 5.54 Å². The second-order valence-electron chi connectivity index (χ2n) is 6.44. The summed E-state index contributed by atoms with van der Waals surface area (Å²) < 4.78 is 1.83. The third-order valence-electron chi connectivity index (χ3n) is 2.97. The molecule has 2 aromatic rings. The predicted octanol–water partition coefficient (Wildman–Crippen LogP) is 2.09. The lowest BCUT2D eigenvalue weighted by atomic mass is 10.1. The molecule has 0 aromatic carbocycles. The Labute approximate surface area is 131 Å². The van der Waals surface area contributed by atoms with Gasteiger partial charge < -0.3 is 11.1 Å². The standard InChI is InChI=1S/C16H24N6/c1-11-8-12(2)22(21-11)14-7-6-13(9-18-14)10-19-15(17)20-16(3,4)5/h6-9H,10H2,1-5H3,(H3,17,19,20). The van der Waals surface area contributed by atoms with Crippen molar-refractivity contribution in [2.45, 2.75) is 46.7 Å². The van der Waals surface area contributed by atoms with E-state index in [2.05, 4.69) is 20.4 Å². The fourth-order valence-corrected chi connectivity index (χ4v) is 2.10. The highest BCUT2D eigenvalue weighted by Gasteiger charge is 2.09. The zero-order valence-electron chi connectivity index (χ0n) is 13.9. The number of aliphatic imine (C=N–C) groups is 1. The number of nitrogens with one attached hydrogen (secondary N) is 1. The first kappa shape index (κ1) is 16.0. The summed E-state index contributed by atoms with van der Waals surface area (Å²) in [5.41, 5.74) is 8.81. The number of rotatable bonds is 3. The van der Waals surface area contributed by atoms with Crippen LogP contribution >= 0.6 is 0 Å². The van der Waals surface area contributed by atoms with Crippen molar-refractivity contribution < 1.29 is 0 Å². The van der Waals surface area contributed by atoms with E-state index in [1.54, 1.807) is 6.20 Å². The van der Waals surface area contributed by atoms with Crippen LogP contribution in [-0.4, -0.2) is 26.3 Å². The molecule has 0 aliphatic rings. The van der Waals surface area contributed by atoms with Crippen molar-refractivity contribution in [2.75, 3.05) is 0 Å². The van der Waals surface area contributed by atoms with Crippen molar-refractivity contribution in [2.24, 2.45) is 10.7 Å². The summed E-state index contributed by atoms with van der Waals surface area (Å²) in [7, 11) is 0. The van der Waals surface area contributed by atoms with Crippen LogP contribution in [0.4, 0.5) is 0 Å². The van der Waals surface area contributed by atoms with Crippen molar-refractivity contribution in [3.8, 4) is 5.82 Å². The van der Waals surface area contributed by atoms with Crippen LogP contribution in [0.1, 0.15) is 37.7 Å². The van der Waals surface area contributed by atoms with Gasteiger partial charge in [-0.3, -0.25) is 0 Å². The Balaban J connectivity index is 2.07. The van der Waals surface area contributed by atoms with E-state index in [9.17, 15) is 0 Å². The first-order chi connectivity index (χ1) is 10.2. The Kier molecular flexibility index (Phi) is 4.49. The largest absolute Gasteiger partial charge is 0.370 e. The summed E-state index contributed by atoms with van der Waals surface area (Å²) in [5.74, 6) is 1.24. The molecule has 2 heterocycles. The lowest BCUT2D eigenvalue weighted by molar-refractivity contribution is 0.508. The number of hydrogen-bond acceptors (Lipinski definition) is 3. The minimum atomic E-state index is -0.0921. The van der Waals surface area contributed by atoms with Crippen LogP contribution in [0.15, 0.2) is 29.4 Å². The highest BCUT2D eigenvalue weighted by Crippen LogP contribution is 2.10. The first-order valence-electron chi connectivity index (χ1n) is 7.31. The maximum atomic E-state index is 5.86. The van der Waals surface area contributed by atoms with Crippen molar-refractivity contribution in [3.63, 3.8) is 0 Å². The van der Waals surface area contributed by atoms with Crippen molar-refractivity contribution in [3.05, 3.63) is 41.3 Å². The minimum absolute atomic E-state index is 0.0921. The quantitative estimate of drug-likeness (QED) is 0.672. The molecule has 0 spiro atoms. The number of pyridine rings is 1. The van der Waals surface area contributed by atoms with E-state index in [1.165, 1.54) is 0 Å². The van der Waals surface area contributed by atoms with Crippen LogP contribution in [-0.2, 0) is 6.54 Å². The molecule has 22 heavy (non-hydrogen) atoms. The molecule has 0 amide bonds. The third-order valence-corrected chi connectivity index (χ3v) is 2.97. The van der Waals surface area contributed by atoms with Crippen LogP contribution in [0.2, 0.25) is 0 Å². The van der Waals surface area contributed by atoms with Gasteiger partial charge in [0, 0.05) is 17.4 Å². The second-order valence-corrected chi connectivity index (χ2v) is 6.44. The highest BCUT2D eigenvalue weighted by atomic mass is 15.3. The van der Waals surface area contributed by atoms with Crippen LogP contribution in [0, 0.1) is 13.8 Å². The van der Waals surface area contributed by atoms with Gasteiger partial charge in [-0.25, -0.2) is 14.7 Å². The number of hydrogen-bond donors (Lipinski definition) is 2. The molecule has 0 atom stereocenters. The molecule has 3 N–H and O–H groups in total. The first-order valence-corrected chi connectivity index (χ1v) is 7.31. The lowest BCUT2D eigenvalue weighted by Gasteiger charge is -2.20. The van der Waals surface area contributed by atoms with E-state index < -0.39 is 0 Å². The van der Waals surface area contributed by atoms with Gasteiger partial charge in [-0.15, -0.1) is 0 Å². The van der Waals surface area contributed by atoms with E-state index in [4.69, 9.17) is 5.73 Å². The van der Waals surface area contributed by atoms with Crippen LogP contribution in [0.25, 0.3) is 5.82 Å². The smallest absolute Gasteiger partial charge is 0.189 e. The average molecular weight is 300 g/mol. The van der Waals surface area contributed by atoms with Gasteiger partial charge in [-0.05, 0) is 52.3 Å². The Morgan fingerprint density at radius 1 is 1.32 bits per heavy atom. The van der Waals surface area contributed by atoms with Gasteiger partial charge >= 0.3 is 0 Å². The minimum Gasteiger partial charge on any atom is -0.370 e. The van der Waals surface area contributed by atoms with Crippen molar-refractivity contribution in [1.29, 1.82) is 0 Å². The van der Waals surface area contributed by atoms with E-state index >= 15 is 0 Å². The Morgan fingerprint density at radius 2 is 2.05 bits per heavy atom. The average Bonchev–Trinajstić information content (AvgIpc) is 2.74. The van der Waals surface area contributed by atoms with Crippen LogP contribution in [0.3, 0.4) is 0 Å². The summed E-state index contributed by atoms with van der Waals surface area (Å²) in [6.07, 6.45) is 1.81. The Morgan fingerprint density at radius 3 is 2.55 bits per heavy atom. The maximum absolute atomic E-state index is 5.86. The summed E-state index contributed by atoms with van der Waals surface area (Å²) in [6.45, 7) is 10.6. The maximum Gasteiger partial charge on any atom is 0.189 e. The normalized spacial score (nSPS) is 12.5. The van der Waals surface area contributed by atoms with Gasteiger partial charge in [0.1, 0.15) is 0 Å². The summed E-state index contributed by atoms with van der Waals surface area (Å²) in [5, 5.41) is 7.55. The third kappa shape index (κ3) is 4.31. The van der Waals surface area contributed by atoms with Gasteiger partial charge in [0.15, 0.2) is 11.8 Å².